The molecule has 0 saturated carbocycles. The zero-order valence-corrected chi connectivity index (χ0v) is 18.0. The Kier molecular flexibility index (Phi) is 7.42. The van der Waals surface area contributed by atoms with Gasteiger partial charge >= 0.3 is 0 Å². The molecule has 1 amide bonds. The molecule has 2 heterocycles. The number of anilines is 1. The number of thioether (sulfide) groups is 1. The summed E-state index contributed by atoms with van der Waals surface area (Å²) in [6, 6.07) is 7.87. The molecule has 0 fully saturated rings. The minimum atomic E-state index is -0.291. The largest absolute Gasteiger partial charge is 0.497 e. The molecule has 0 saturated heterocycles. The summed E-state index contributed by atoms with van der Waals surface area (Å²) >= 11 is 2.81. The SMILES string of the molecule is C=CCn1c(Cc2ccc(OC)cc2)nnc1S[C@H](CC)C(=O)Nc1nccs1. The fourth-order valence-corrected chi connectivity index (χ4v) is 4.21. The molecule has 29 heavy (non-hydrogen) atoms. The highest BCUT2D eigenvalue weighted by atomic mass is 32.2. The molecule has 9 heteroatoms. The molecule has 0 radical (unpaired) electrons. The Balaban J connectivity index is 1.75. The fraction of sp³-hybridized carbons (Fsp3) is 0.300. The van der Waals surface area contributed by atoms with Crippen molar-refractivity contribution in [3.63, 3.8) is 0 Å². The summed E-state index contributed by atoms with van der Waals surface area (Å²) in [6.45, 7) is 6.40. The molecule has 7 nitrogen and oxygen atoms in total. The average Bonchev–Trinajstić information content (AvgIpc) is 3.37. The summed E-state index contributed by atoms with van der Waals surface area (Å²) in [5.74, 6) is 1.56. The number of benzene rings is 1. The number of aromatic nitrogens is 4. The van der Waals surface area contributed by atoms with Crippen LogP contribution in [0.4, 0.5) is 5.13 Å². The molecule has 152 valence electrons. The van der Waals surface area contributed by atoms with Crippen LogP contribution in [-0.2, 0) is 17.8 Å². The number of hydrogen-bond acceptors (Lipinski definition) is 7. The van der Waals surface area contributed by atoms with Gasteiger partial charge in [-0.2, -0.15) is 0 Å². The third-order valence-electron chi connectivity index (χ3n) is 4.20. The lowest BCUT2D eigenvalue weighted by atomic mass is 10.1. The number of allylic oxidation sites excluding steroid dienone is 1. The van der Waals surface area contributed by atoms with E-state index in [4.69, 9.17) is 4.74 Å². The van der Waals surface area contributed by atoms with E-state index in [1.54, 1.807) is 13.3 Å². The molecular formula is C20H23N5O2S2. The van der Waals surface area contributed by atoms with Crippen molar-refractivity contribution in [1.82, 2.24) is 19.7 Å². The molecule has 1 atom stereocenters. The second-order valence-electron chi connectivity index (χ2n) is 6.16. The van der Waals surface area contributed by atoms with Gasteiger partial charge in [-0.25, -0.2) is 4.98 Å². The average molecular weight is 430 g/mol. The van der Waals surface area contributed by atoms with Crippen molar-refractivity contribution in [1.29, 1.82) is 0 Å². The first-order chi connectivity index (χ1) is 14.1. The standard InChI is InChI=1S/C20H23N5O2S2/c1-4-11-25-17(13-14-6-8-15(27-3)9-7-14)23-24-20(25)29-16(5-2)18(26)22-19-21-10-12-28-19/h4,6-10,12,16H,1,5,11,13H2,2-3H3,(H,21,22,26)/t16-/m1/s1. The van der Waals surface area contributed by atoms with Crippen molar-refractivity contribution < 1.29 is 9.53 Å². The second kappa shape index (κ2) is 10.2. The Morgan fingerprint density at radius 2 is 2.17 bits per heavy atom. The fourth-order valence-electron chi connectivity index (χ4n) is 2.70. The highest BCUT2D eigenvalue weighted by molar-refractivity contribution is 8.00. The highest BCUT2D eigenvalue weighted by Crippen LogP contribution is 2.27. The Hall–Kier alpha value is -2.65. The van der Waals surface area contributed by atoms with Crippen molar-refractivity contribution in [2.24, 2.45) is 0 Å². The Bertz CT molecular complexity index is 938. The lowest BCUT2D eigenvalue weighted by Gasteiger charge is -2.14. The van der Waals surface area contributed by atoms with Crippen LogP contribution in [-0.4, -0.2) is 38.0 Å². The van der Waals surface area contributed by atoms with Gasteiger partial charge in [-0.05, 0) is 24.1 Å². The van der Waals surface area contributed by atoms with E-state index in [1.165, 1.54) is 23.1 Å². The molecule has 0 unspecified atom stereocenters. The second-order valence-corrected chi connectivity index (χ2v) is 8.23. The van der Waals surface area contributed by atoms with Crippen molar-refractivity contribution in [3.05, 3.63) is 59.9 Å². The number of nitrogens with one attached hydrogen (secondary N) is 1. The van der Waals surface area contributed by atoms with E-state index in [2.05, 4.69) is 27.1 Å². The van der Waals surface area contributed by atoms with Gasteiger partial charge in [0.05, 0.1) is 12.4 Å². The van der Waals surface area contributed by atoms with Gasteiger partial charge in [0, 0.05) is 24.5 Å². The number of carbonyl (C=O) groups excluding carboxylic acids is 1. The van der Waals surface area contributed by atoms with E-state index < -0.39 is 0 Å². The van der Waals surface area contributed by atoms with Crippen molar-refractivity contribution >= 4 is 34.1 Å². The summed E-state index contributed by atoms with van der Waals surface area (Å²) in [5, 5.41) is 14.4. The van der Waals surface area contributed by atoms with Gasteiger partial charge in [0.15, 0.2) is 10.3 Å². The van der Waals surface area contributed by atoms with E-state index in [9.17, 15) is 4.79 Å². The maximum Gasteiger partial charge on any atom is 0.239 e. The third kappa shape index (κ3) is 5.45. The molecule has 1 aromatic carbocycles. The van der Waals surface area contributed by atoms with Crippen molar-refractivity contribution in [2.75, 3.05) is 12.4 Å². The molecule has 0 bridgehead atoms. The van der Waals surface area contributed by atoms with Crippen LogP contribution in [0.5, 0.6) is 5.75 Å². The van der Waals surface area contributed by atoms with Crippen LogP contribution in [0.1, 0.15) is 24.7 Å². The predicted octanol–water partition coefficient (Wildman–Crippen LogP) is 4.03. The lowest BCUT2D eigenvalue weighted by molar-refractivity contribution is -0.115. The Labute approximate surface area is 178 Å². The van der Waals surface area contributed by atoms with Crippen LogP contribution >= 0.6 is 23.1 Å². The molecule has 0 aliphatic heterocycles. The van der Waals surface area contributed by atoms with E-state index in [-0.39, 0.29) is 11.2 Å². The summed E-state index contributed by atoms with van der Waals surface area (Å²) in [6.07, 6.45) is 4.77. The van der Waals surface area contributed by atoms with Gasteiger partial charge in [-0.1, -0.05) is 36.9 Å². The van der Waals surface area contributed by atoms with Crippen LogP contribution in [0.3, 0.4) is 0 Å². The molecule has 0 spiro atoms. The summed E-state index contributed by atoms with van der Waals surface area (Å²) in [5.41, 5.74) is 1.11. The molecule has 3 aromatic rings. The van der Waals surface area contributed by atoms with Crippen molar-refractivity contribution in [2.45, 2.75) is 36.7 Å². The lowest BCUT2D eigenvalue weighted by Crippen LogP contribution is -2.25. The number of ether oxygens (including phenoxy) is 1. The number of thiazole rings is 1. The summed E-state index contributed by atoms with van der Waals surface area (Å²) in [7, 11) is 1.65. The van der Waals surface area contributed by atoms with Gasteiger partial charge in [0.25, 0.3) is 0 Å². The van der Waals surface area contributed by atoms with Gasteiger partial charge in [0.2, 0.25) is 5.91 Å². The Morgan fingerprint density at radius 1 is 1.38 bits per heavy atom. The van der Waals surface area contributed by atoms with Crippen LogP contribution < -0.4 is 10.1 Å². The van der Waals surface area contributed by atoms with E-state index in [0.717, 1.165) is 17.1 Å². The summed E-state index contributed by atoms with van der Waals surface area (Å²) in [4.78, 5) is 16.7. The molecular weight excluding hydrogens is 406 g/mol. The molecule has 0 aliphatic rings. The quantitative estimate of drug-likeness (QED) is 0.387. The van der Waals surface area contributed by atoms with Crippen LogP contribution in [0.25, 0.3) is 0 Å². The maximum atomic E-state index is 12.6. The van der Waals surface area contributed by atoms with Gasteiger partial charge in [-0.3, -0.25) is 4.79 Å². The first-order valence-electron chi connectivity index (χ1n) is 9.17. The normalized spacial score (nSPS) is 11.8. The zero-order valence-electron chi connectivity index (χ0n) is 16.4. The number of methoxy groups -OCH3 is 1. The number of hydrogen-bond donors (Lipinski definition) is 1. The first kappa shape index (κ1) is 21.1. The molecule has 3 rings (SSSR count). The van der Waals surface area contributed by atoms with Crippen LogP contribution in [0.15, 0.2) is 53.7 Å². The number of amides is 1. The molecule has 0 aliphatic carbocycles. The van der Waals surface area contributed by atoms with E-state index >= 15 is 0 Å². The van der Waals surface area contributed by atoms with Crippen molar-refractivity contribution in [3.8, 4) is 5.75 Å². The number of carbonyl (C=O) groups is 1. The topological polar surface area (TPSA) is 81.9 Å². The first-order valence-corrected chi connectivity index (χ1v) is 10.9. The number of nitrogens with zero attached hydrogens (tertiary/aromatic N) is 4. The minimum Gasteiger partial charge on any atom is -0.497 e. The smallest absolute Gasteiger partial charge is 0.239 e. The van der Waals surface area contributed by atoms with Gasteiger partial charge in [-0.15, -0.1) is 28.1 Å². The predicted molar refractivity (Wildman–Crippen MR) is 117 cm³/mol. The highest BCUT2D eigenvalue weighted by Gasteiger charge is 2.23. The Morgan fingerprint density at radius 3 is 2.79 bits per heavy atom. The van der Waals surface area contributed by atoms with E-state index in [0.29, 0.717) is 29.7 Å². The van der Waals surface area contributed by atoms with E-state index in [1.807, 2.05) is 47.2 Å². The molecule has 2 aromatic heterocycles. The van der Waals surface area contributed by atoms with Gasteiger partial charge in [0.1, 0.15) is 11.6 Å². The maximum absolute atomic E-state index is 12.6. The molecule has 1 N–H and O–H groups in total. The third-order valence-corrected chi connectivity index (χ3v) is 6.23. The van der Waals surface area contributed by atoms with Gasteiger partial charge < -0.3 is 14.6 Å². The van der Waals surface area contributed by atoms with Crippen LogP contribution in [0, 0.1) is 0 Å². The van der Waals surface area contributed by atoms with Crippen LogP contribution in [0.2, 0.25) is 0 Å². The monoisotopic (exact) mass is 429 g/mol. The zero-order chi connectivity index (χ0) is 20.6. The summed E-state index contributed by atoms with van der Waals surface area (Å²) < 4.78 is 7.21. The number of rotatable bonds is 10. The minimum absolute atomic E-state index is 0.0858.